The number of carboxylic acids is 1. The molecule has 1 aliphatic heterocycles. The molecule has 1 amide bonds. The van der Waals surface area contributed by atoms with E-state index in [0.29, 0.717) is 18.1 Å². The van der Waals surface area contributed by atoms with Crippen LogP contribution in [0.4, 0.5) is 0 Å². The van der Waals surface area contributed by atoms with Crippen molar-refractivity contribution in [2.75, 3.05) is 19.3 Å². The van der Waals surface area contributed by atoms with Crippen LogP contribution in [0.25, 0.3) is 0 Å². The fourth-order valence-corrected chi connectivity index (χ4v) is 2.39. The highest BCUT2D eigenvalue weighted by atomic mass is 32.2. The third-order valence-corrected chi connectivity index (χ3v) is 3.89. The second-order valence-electron chi connectivity index (χ2n) is 4.67. The summed E-state index contributed by atoms with van der Waals surface area (Å²) in [6.07, 6.45) is 2.34. The Kier molecular flexibility index (Phi) is 3.38. The summed E-state index contributed by atoms with van der Waals surface area (Å²) in [6.45, 7) is 2.35. The van der Waals surface area contributed by atoms with Crippen molar-refractivity contribution in [1.29, 1.82) is 0 Å². The van der Waals surface area contributed by atoms with Crippen molar-refractivity contribution < 1.29 is 19.1 Å². The Morgan fingerprint density at radius 3 is 2.72 bits per heavy atom. The molecular formula is C12H15NO4S. The summed E-state index contributed by atoms with van der Waals surface area (Å²) < 4.78 is 5.36. The summed E-state index contributed by atoms with van der Waals surface area (Å²) in [4.78, 5) is 24.8. The lowest BCUT2D eigenvalue weighted by molar-refractivity contribution is -0.147. The minimum Gasteiger partial charge on any atom is -0.481 e. The van der Waals surface area contributed by atoms with Crippen LogP contribution in [0.2, 0.25) is 0 Å². The van der Waals surface area contributed by atoms with Gasteiger partial charge in [0.15, 0.2) is 10.9 Å². The molecule has 1 aromatic heterocycles. The maximum Gasteiger partial charge on any atom is 0.311 e. The van der Waals surface area contributed by atoms with E-state index < -0.39 is 11.4 Å². The lowest BCUT2D eigenvalue weighted by Gasteiger charge is -2.19. The quantitative estimate of drug-likeness (QED) is 0.849. The van der Waals surface area contributed by atoms with E-state index in [1.54, 1.807) is 19.1 Å². The van der Waals surface area contributed by atoms with Crippen molar-refractivity contribution >= 4 is 23.6 Å². The molecule has 2 heterocycles. The zero-order valence-electron chi connectivity index (χ0n) is 10.3. The van der Waals surface area contributed by atoms with Gasteiger partial charge in [-0.3, -0.25) is 9.59 Å². The number of hydrogen-bond acceptors (Lipinski definition) is 4. The molecule has 1 aromatic rings. The van der Waals surface area contributed by atoms with E-state index in [1.807, 2.05) is 6.26 Å². The Bertz CT molecular complexity index is 484. The molecule has 2 rings (SSSR count). The Balaban J connectivity index is 2.10. The van der Waals surface area contributed by atoms with E-state index in [4.69, 9.17) is 9.52 Å². The Morgan fingerprint density at radius 1 is 1.50 bits per heavy atom. The number of carbonyl (C=O) groups excluding carboxylic acids is 1. The average molecular weight is 269 g/mol. The molecule has 0 radical (unpaired) electrons. The fraction of sp³-hybridized carbons (Fsp3) is 0.500. The van der Waals surface area contributed by atoms with Crippen LogP contribution in [0, 0.1) is 5.41 Å². The summed E-state index contributed by atoms with van der Waals surface area (Å²) in [5.41, 5.74) is -0.843. The fourth-order valence-electron chi connectivity index (χ4n) is 2.01. The first-order chi connectivity index (χ1) is 8.46. The van der Waals surface area contributed by atoms with Crippen LogP contribution in [0.5, 0.6) is 0 Å². The highest BCUT2D eigenvalue weighted by Crippen LogP contribution is 2.31. The van der Waals surface area contributed by atoms with Gasteiger partial charge in [-0.05, 0) is 31.7 Å². The van der Waals surface area contributed by atoms with Gasteiger partial charge in [-0.2, -0.15) is 0 Å². The lowest BCUT2D eigenvalue weighted by atomic mass is 9.90. The van der Waals surface area contributed by atoms with Gasteiger partial charge in [0, 0.05) is 13.1 Å². The van der Waals surface area contributed by atoms with Gasteiger partial charge in [0.25, 0.3) is 5.91 Å². The molecule has 0 aromatic carbocycles. The second-order valence-corrected chi connectivity index (χ2v) is 5.48. The third kappa shape index (κ3) is 2.25. The molecule has 98 valence electrons. The SMILES string of the molecule is CSc1ccc(C(=O)N2CCC(C)(C(=O)O)C2)o1. The van der Waals surface area contributed by atoms with Gasteiger partial charge < -0.3 is 14.4 Å². The van der Waals surface area contributed by atoms with E-state index in [1.165, 1.54) is 16.7 Å². The predicted molar refractivity (Wildman–Crippen MR) is 66.8 cm³/mol. The van der Waals surface area contributed by atoms with Crippen LogP contribution in [0.3, 0.4) is 0 Å². The van der Waals surface area contributed by atoms with Gasteiger partial charge in [0.1, 0.15) is 0 Å². The van der Waals surface area contributed by atoms with E-state index in [-0.39, 0.29) is 18.2 Å². The van der Waals surface area contributed by atoms with Crippen molar-refractivity contribution in [2.24, 2.45) is 5.41 Å². The standard InChI is InChI=1S/C12H15NO4S/c1-12(11(15)16)5-6-13(7-12)10(14)8-3-4-9(17-8)18-2/h3-4H,5-7H2,1-2H3,(H,15,16). The molecule has 1 aliphatic rings. The Morgan fingerprint density at radius 2 is 2.22 bits per heavy atom. The highest BCUT2D eigenvalue weighted by molar-refractivity contribution is 7.98. The number of thioether (sulfide) groups is 1. The molecule has 0 saturated carbocycles. The molecule has 5 nitrogen and oxygen atoms in total. The van der Waals surface area contributed by atoms with E-state index in [2.05, 4.69) is 0 Å². The van der Waals surface area contributed by atoms with Crippen molar-refractivity contribution in [2.45, 2.75) is 18.4 Å². The van der Waals surface area contributed by atoms with Gasteiger partial charge in [-0.1, -0.05) is 11.8 Å². The van der Waals surface area contributed by atoms with Crippen molar-refractivity contribution in [3.8, 4) is 0 Å². The number of rotatable bonds is 3. The molecule has 1 fully saturated rings. The summed E-state index contributed by atoms with van der Waals surface area (Å²) in [7, 11) is 0. The van der Waals surface area contributed by atoms with Crippen LogP contribution < -0.4 is 0 Å². The van der Waals surface area contributed by atoms with Gasteiger partial charge in [0.05, 0.1) is 5.41 Å². The number of carbonyl (C=O) groups is 2. The lowest BCUT2D eigenvalue weighted by Crippen LogP contribution is -2.34. The minimum absolute atomic E-state index is 0.233. The topological polar surface area (TPSA) is 70.8 Å². The van der Waals surface area contributed by atoms with Crippen LogP contribution in [-0.4, -0.2) is 41.2 Å². The van der Waals surface area contributed by atoms with Gasteiger partial charge >= 0.3 is 5.97 Å². The first-order valence-electron chi connectivity index (χ1n) is 5.63. The predicted octanol–water partition coefficient (Wildman–Crippen LogP) is 1.94. The van der Waals surface area contributed by atoms with Crippen LogP contribution in [0.15, 0.2) is 21.6 Å². The second kappa shape index (κ2) is 4.68. The summed E-state index contributed by atoms with van der Waals surface area (Å²) in [6, 6.07) is 3.37. The number of amides is 1. The largest absolute Gasteiger partial charge is 0.481 e. The van der Waals surface area contributed by atoms with Gasteiger partial charge in [-0.15, -0.1) is 0 Å². The van der Waals surface area contributed by atoms with Crippen LogP contribution in [-0.2, 0) is 4.79 Å². The molecule has 1 saturated heterocycles. The molecule has 0 bridgehead atoms. The maximum atomic E-state index is 12.1. The van der Waals surface area contributed by atoms with Gasteiger partial charge in [0.2, 0.25) is 0 Å². The molecule has 18 heavy (non-hydrogen) atoms. The summed E-state index contributed by atoms with van der Waals surface area (Å²) >= 11 is 1.42. The Hall–Kier alpha value is -1.43. The first kappa shape index (κ1) is 13.0. The summed E-state index contributed by atoms with van der Waals surface area (Å²) in [5.74, 6) is -0.823. The highest BCUT2D eigenvalue weighted by Gasteiger charge is 2.42. The molecule has 1 N–H and O–H groups in total. The maximum absolute atomic E-state index is 12.1. The van der Waals surface area contributed by atoms with E-state index >= 15 is 0 Å². The van der Waals surface area contributed by atoms with Gasteiger partial charge in [-0.25, -0.2) is 0 Å². The first-order valence-corrected chi connectivity index (χ1v) is 6.85. The third-order valence-electron chi connectivity index (χ3n) is 3.27. The number of carboxylic acid groups (broad SMARTS) is 1. The van der Waals surface area contributed by atoms with Crippen molar-refractivity contribution in [3.05, 3.63) is 17.9 Å². The van der Waals surface area contributed by atoms with E-state index in [9.17, 15) is 9.59 Å². The number of aliphatic carboxylic acids is 1. The van der Waals surface area contributed by atoms with E-state index in [0.717, 1.165) is 0 Å². The normalized spacial score (nSPS) is 23.3. The zero-order valence-corrected chi connectivity index (χ0v) is 11.1. The molecule has 6 heteroatoms. The number of hydrogen-bond donors (Lipinski definition) is 1. The number of furan rings is 1. The van der Waals surface area contributed by atoms with Crippen molar-refractivity contribution in [3.63, 3.8) is 0 Å². The monoisotopic (exact) mass is 269 g/mol. The van der Waals surface area contributed by atoms with Crippen molar-refractivity contribution in [1.82, 2.24) is 4.90 Å². The zero-order chi connectivity index (χ0) is 13.3. The summed E-state index contributed by atoms with van der Waals surface area (Å²) in [5, 5.41) is 9.80. The number of likely N-dealkylation sites (tertiary alicyclic amines) is 1. The molecule has 0 spiro atoms. The molecular weight excluding hydrogens is 254 g/mol. The average Bonchev–Trinajstić information content (AvgIpc) is 2.95. The number of nitrogens with zero attached hydrogens (tertiary/aromatic N) is 1. The van der Waals surface area contributed by atoms with Crippen LogP contribution >= 0.6 is 11.8 Å². The smallest absolute Gasteiger partial charge is 0.311 e. The Labute approximate surface area is 109 Å². The molecule has 0 aliphatic carbocycles. The van der Waals surface area contributed by atoms with Crippen LogP contribution in [0.1, 0.15) is 23.9 Å². The molecule has 1 unspecified atom stereocenters. The minimum atomic E-state index is -0.859. The molecule has 1 atom stereocenters.